The molecule has 1 unspecified atom stereocenters. The molecule has 192 valence electrons. The second-order valence-electron chi connectivity index (χ2n) is 8.49. The Morgan fingerprint density at radius 2 is 1.81 bits per heavy atom. The summed E-state index contributed by atoms with van der Waals surface area (Å²) in [6, 6.07) is 6.29. The van der Waals surface area contributed by atoms with E-state index in [0.717, 1.165) is 6.07 Å². The number of carbonyl (C=O) groups is 1. The maximum Gasteiger partial charge on any atom is 0.435 e. The number of nitrogens with one attached hydrogen (secondary N) is 1. The summed E-state index contributed by atoms with van der Waals surface area (Å²) in [4.78, 5) is 22.5. The highest BCUT2D eigenvalue weighted by atomic mass is 79.9. The van der Waals surface area contributed by atoms with Crippen molar-refractivity contribution < 1.29 is 40.8 Å². The van der Waals surface area contributed by atoms with E-state index in [1.807, 2.05) is 0 Å². The zero-order valence-electron chi connectivity index (χ0n) is 18.7. The van der Waals surface area contributed by atoms with Gasteiger partial charge in [-0.05, 0) is 55.3 Å². The van der Waals surface area contributed by atoms with Crippen LogP contribution < -0.4 is 5.32 Å². The number of halogens is 7. The lowest BCUT2D eigenvalue weighted by atomic mass is 9.85. The molecule has 0 radical (unpaired) electrons. The molecule has 0 spiro atoms. The number of benzene rings is 2. The number of rotatable bonds is 4. The van der Waals surface area contributed by atoms with Crippen molar-refractivity contribution in [2.75, 3.05) is 0 Å². The second-order valence-corrected chi connectivity index (χ2v) is 9.40. The average molecular weight is 578 g/mol. The molecule has 2 atom stereocenters. The molecule has 0 bridgehead atoms. The van der Waals surface area contributed by atoms with E-state index < -0.39 is 47.6 Å². The predicted octanol–water partition coefficient (Wildman–Crippen LogP) is 6.21. The topological polar surface area (TPSA) is 72.3 Å². The first-order valence-corrected chi connectivity index (χ1v) is 11.3. The highest BCUT2D eigenvalue weighted by molar-refractivity contribution is 9.10. The molecule has 36 heavy (non-hydrogen) atoms. The van der Waals surface area contributed by atoms with Crippen molar-refractivity contribution in [3.63, 3.8) is 0 Å². The lowest BCUT2D eigenvalue weighted by Gasteiger charge is -2.30. The first-order chi connectivity index (χ1) is 16.7. The van der Waals surface area contributed by atoms with E-state index in [4.69, 9.17) is 9.68 Å². The Morgan fingerprint density at radius 3 is 2.39 bits per heavy atom. The van der Waals surface area contributed by atoms with Crippen molar-refractivity contribution >= 4 is 33.3 Å². The molecular weight excluding hydrogens is 560 g/mol. The molecule has 0 aromatic heterocycles. The van der Waals surface area contributed by atoms with Crippen molar-refractivity contribution in [3.05, 3.63) is 68.7 Å². The zero-order chi connectivity index (χ0) is 26.5. The third kappa shape index (κ3) is 4.93. The van der Waals surface area contributed by atoms with Gasteiger partial charge in [0.25, 0.3) is 11.5 Å². The monoisotopic (exact) mass is 577 g/mol. The molecule has 2 aromatic carbocycles. The summed E-state index contributed by atoms with van der Waals surface area (Å²) >= 11 is 2.85. The van der Waals surface area contributed by atoms with Crippen LogP contribution in [0.3, 0.4) is 0 Å². The minimum absolute atomic E-state index is 0.126. The molecule has 1 N–H and O–H groups in total. The van der Waals surface area contributed by atoms with E-state index in [-0.39, 0.29) is 21.3 Å². The second kappa shape index (κ2) is 9.09. The van der Waals surface area contributed by atoms with Gasteiger partial charge in [-0.15, -0.1) is 0 Å². The van der Waals surface area contributed by atoms with Crippen LogP contribution in [0.5, 0.6) is 0 Å². The lowest BCUT2D eigenvalue weighted by molar-refractivity contribution is -0.276. The van der Waals surface area contributed by atoms with E-state index in [1.54, 1.807) is 13.8 Å². The molecule has 2 heterocycles. The number of aryl methyl sites for hydroxylation is 1. The molecule has 1 amide bonds. The van der Waals surface area contributed by atoms with Crippen LogP contribution in [0, 0.1) is 6.92 Å². The van der Waals surface area contributed by atoms with Gasteiger partial charge < -0.3 is 15.0 Å². The van der Waals surface area contributed by atoms with Crippen LogP contribution in [-0.2, 0) is 21.5 Å². The normalized spacial score (nSPS) is 22.0. The van der Waals surface area contributed by atoms with E-state index in [0.29, 0.717) is 29.8 Å². The first kappa shape index (κ1) is 26.0. The van der Waals surface area contributed by atoms with Crippen molar-refractivity contribution in [1.82, 2.24) is 5.32 Å². The Labute approximate surface area is 209 Å². The van der Waals surface area contributed by atoms with Gasteiger partial charge >= 0.3 is 12.4 Å². The summed E-state index contributed by atoms with van der Waals surface area (Å²) in [5.41, 5.74) is -3.59. The van der Waals surface area contributed by atoms with Crippen molar-refractivity contribution in [2.45, 2.75) is 50.9 Å². The molecule has 2 aliphatic heterocycles. The van der Waals surface area contributed by atoms with Gasteiger partial charge in [0, 0.05) is 28.4 Å². The number of carbonyl (C=O) groups excluding carboxylic acids is 1. The summed E-state index contributed by atoms with van der Waals surface area (Å²) in [6.45, 7) is 3.34. The van der Waals surface area contributed by atoms with Gasteiger partial charge in [0.05, 0.1) is 17.0 Å². The SMILES string of the molecule is CC1=NOC(NC(=O)c2ccc(C3=NO[C@@](c4cc(Br)cc(C(F)(F)F)c4)(C(F)(F)F)C3)cc2C)C1. The minimum atomic E-state index is -5.09. The van der Waals surface area contributed by atoms with E-state index in [2.05, 4.69) is 31.6 Å². The van der Waals surface area contributed by atoms with Gasteiger partial charge in [-0.25, -0.2) is 0 Å². The molecule has 0 saturated carbocycles. The summed E-state index contributed by atoms with van der Waals surface area (Å²) in [6.07, 6.45) is -11.0. The average Bonchev–Trinajstić information content (AvgIpc) is 3.39. The lowest BCUT2D eigenvalue weighted by Crippen LogP contribution is -2.43. The largest absolute Gasteiger partial charge is 0.435 e. The molecule has 0 aliphatic carbocycles. The van der Waals surface area contributed by atoms with Gasteiger partial charge in [0.2, 0.25) is 6.23 Å². The Kier molecular flexibility index (Phi) is 6.56. The quantitative estimate of drug-likeness (QED) is 0.439. The van der Waals surface area contributed by atoms with Crippen LogP contribution in [-0.4, -0.2) is 29.7 Å². The zero-order valence-corrected chi connectivity index (χ0v) is 20.3. The van der Waals surface area contributed by atoms with Gasteiger partial charge in [-0.2, -0.15) is 26.3 Å². The summed E-state index contributed by atoms with van der Waals surface area (Å²) in [7, 11) is 0. The number of oxime groups is 2. The maximum atomic E-state index is 14.3. The summed E-state index contributed by atoms with van der Waals surface area (Å²) in [5, 5.41) is 10.0. The number of amides is 1. The standard InChI is InChI=1S/C23H18BrF6N3O3/c1-11-5-13(3-4-17(11)20(34)31-19-6-12(2)32-35-19)18-10-21(36-33-18,23(28,29)30)14-7-15(22(25,26)27)9-16(24)8-14/h3-5,7-9,19H,6,10H2,1-2H3,(H,31,34)/t19?,21-/m0/s1. The fourth-order valence-electron chi connectivity index (χ4n) is 3.94. The fourth-order valence-corrected chi connectivity index (χ4v) is 4.43. The van der Waals surface area contributed by atoms with Crippen molar-refractivity contribution in [1.29, 1.82) is 0 Å². The number of hydrogen-bond donors (Lipinski definition) is 1. The molecule has 4 rings (SSSR count). The molecule has 2 aliphatic rings. The summed E-state index contributed by atoms with van der Waals surface area (Å²) in [5.74, 6) is -0.461. The number of alkyl halides is 6. The van der Waals surface area contributed by atoms with Crippen molar-refractivity contribution in [2.24, 2.45) is 10.3 Å². The van der Waals surface area contributed by atoms with Crippen LogP contribution >= 0.6 is 15.9 Å². The van der Waals surface area contributed by atoms with E-state index >= 15 is 0 Å². The van der Waals surface area contributed by atoms with Crippen LogP contribution in [0.25, 0.3) is 0 Å². The Morgan fingerprint density at radius 1 is 1.08 bits per heavy atom. The Balaban J connectivity index is 1.61. The molecular formula is C23H18BrF6N3O3. The van der Waals surface area contributed by atoms with Gasteiger partial charge in [-0.3, -0.25) is 4.79 Å². The highest BCUT2D eigenvalue weighted by Crippen LogP contribution is 2.50. The number of nitrogens with zero attached hydrogens (tertiary/aromatic N) is 2. The molecule has 2 aromatic rings. The van der Waals surface area contributed by atoms with Gasteiger partial charge in [-0.1, -0.05) is 32.3 Å². The van der Waals surface area contributed by atoms with Crippen LogP contribution in [0.1, 0.15) is 52.4 Å². The van der Waals surface area contributed by atoms with E-state index in [1.165, 1.54) is 18.2 Å². The first-order valence-electron chi connectivity index (χ1n) is 10.5. The van der Waals surface area contributed by atoms with Crippen LogP contribution in [0.15, 0.2) is 51.2 Å². The molecule has 13 heteroatoms. The fraction of sp³-hybridized carbons (Fsp3) is 0.348. The minimum Gasteiger partial charge on any atom is -0.374 e. The number of hydrogen-bond acceptors (Lipinski definition) is 5. The molecule has 6 nitrogen and oxygen atoms in total. The summed E-state index contributed by atoms with van der Waals surface area (Å²) < 4.78 is 82.4. The highest BCUT2D eigenvalue weighted by Gasteiger charge is 2.62. The molecule has 0 saturated heterocycles. The third-order valence-electron chi connectivity index (χ3n) is 5.79. The third-order valence-corrected chi connectivity index (χ3v) is 6.25. The molecule has 0 fully saturated rings. The predicted molar refractivity (Wildman–Crippen MR) is 120 cm³/mol. The van der Waals surface area contributed by atoms with Gasteiger partial charge in [0.15, 0.2) is 0 Å². The Hall–Kier alpha value is -3.09. The van der Waals surface area contributed by atoms with E-state index in [9.17, 15) is 31.1 Å². The maximum absolute atomic E-state index is 14.3. The van der Waals surface area contributed by atoms with Crippen LogP contribution in [0.2, 0.25) is 0 Å². The van der Waals surface area contributed by atoms with Crippen molar-refractivity contribution in [3.8, 4) is 0 Å². The van der Waals surface area contributed by atoms with Gasteiger partial charge in [0.1, 0.15) is 0 Å². The van der Waals surface area contributed by atoms with Crippen LogP contribution in [0.4, 0.5) is 26.3 Å². The smallest absolute Gasteiger partial charge is 0.374 e. The Bertz CT molecular complexity index is 1270.